The van der Waals surface area contributed by atoms with E-state index in [-0.39, 0.29) is 5.91 Å². The molecule has 1 amide bonds. The van der Waals surface area contributed by atoms with Gasteiger partial charge in [-0.3, -0.25) is 4.79 Å². The predicted octanol–water partition coefficient (Wildman–Crippen LogP) is 0.385. The maximum Gasteiger partial charge on any atom is 0.246 e. The molecule has 0 bridgehead atoms. The molecule has 1 heterocycles. The van der Waals surface area contributed by atoms with Crippen molar-refractivity contribution >= 4 is 17.7 Å². The Labute approximate surface area is 83.3 Å². The first-order chi connectivity index (χ1) is 6.25. The normalized spacial score (nSPS) is 15.1. The SMILES string of the molecule is CSCCNC(=O)C(C)=C1CNC1. The molecular formula is C9H16N2OS. The number of carbonyl (C=O) groups excluding carboxylic acids is 1. The van der Waals surface area contributed by atoms with Gasteiger partial charge in [-0.25, -0.2) is 0 Å². The molecule has 2 N–H and O–H groups in total. The Morgan fingerprint density at radius 2 is 2.31 bits per heavy atom. The molecule has 0 aliphatic carbocycles. The molecule has 74 valence electrons. The molecule has 0 unspecified atom stereocenters. The molecule has 0 aromatic rings. The van der Waals surface area contributed by atoms with Gasteiger partial charge in [0.15, 0.2) is 0 Å². The maximum absolute atomic E-state index is 11.4. The van der Waals surface area contributed by atoms with Crippen molar-refractivity contribution in [3.8, 4) is 0 Å². The Morgan fingerprint density at radius 3 is 2.77 bits per heavy atom. The number of carbonyl (C=O) groups is 1. The lowest BCUT2D eigenvalue weighted by atomic mass is 10.0. The van der Waals surface area contributed by atoms with Crippen LogP contribution in [0.15, 0.2) is 11.1 Å². The van der Waals surface area contributed by atoms with Crippen LogP contribution in [0.1, 0.15) is 6.92 Å². The molecule has 3 nitrogen and oxygen atoms in total. The molecule has 4 heteroatoms. The zero-order valence-electron chi connectivity index (χ0n) is 8.14. The van der Waals surface area contributed by atoms with Crippen LogP contribution >= 0.6 is 11.8 Å². The van der Waals surface area contributed by atoms with Gasteiger partial charge in [0.05, 0.1) is 0 Å². The molecule has 0 aromatic heterocycles. The second kappa shape index (κ2) is 5.29. The summed E-state index contributed by atoms with van der Waals surface area (Å²) in [5.74, 6) is 1.07. The summed E-state index contributed by atoms with van der Waals surface area (Å²) in [6.07, 6.45) is 2.04. The molecule has 0 aromatic carbocycles. The van der Waals surface area contributed by atoms with E-state index in [9.17, 15) is 4.79 Å². The van der Waals surface area contributed by atoms with Gasteiger partial charge in [0.1, 0.15) is 0 Å². The standard InChI is InChI=1S/C9H16N2OS/c1-7(8-5-10-6-8)9(12)11-3-4-13-2/h10H,3-6H2,1-2H3,(H,11,12). The Bertz CT molecular complexity index is 220. The molecule has 1 aliphatic rings. The molecular weight excluding hydrogens is 184 g/mol. The highest BCUT2D eigenvalue weighted by molar-refractivity contribution is 7.98. The number of thioether (sulfide) groups is 1. The van der Waals surface area contributed by atoms with E-state index in [1.54, 1.807) is 11.8 Å². The van der Waals surface area contributed by atoms with E-state index in [1.807, 2.05) is 13.2 Å². The van der Waals surface area contributed by atoms with E-state index in [0.29, 0.717) is 0 Å². The van der Waals surface area contributed by atoms with Gasteiger partial charge in [0.25, 0.3) is 0 Å². The van der Waals surface area contributed by atoms with Crippen molar-refractivity contribution in [1.82, 2.24) is 10.6 Å². The smallest absolute Gasteiger partial charge is 0.246 e. The highest BCUT2D eigenvalue weighted by atomic mass is 32.2. The summed E-state index contributed by atoms with van der Waals surface area (Å²) >= 11 is 1.74. The van der Waals surface area contributed by atoms with Gasteiger partial charge in [-0.1, -0.05) is 0 Å². The fourth-order valence-electron chi connectivity index (χ4n) is 1.07. The van der Waals surface area contributed by atoms with E-state index in [1.165, 1.54) is 5.57 Å². The third kappa shape index (κ3) is 3.04. The van der Waals surface area contributed by atoms with Gasteiger partial charge in [-0.2, -0.15) is 11.8 Å². The minimum atomic E-state index is 0.0885. The molecule has 0 saturated carbocycles. The van der Waals surface area contributed by atoms with Gasteiger partial charge < -0.3 is 10.6 Å². The van der Waals surface area contributed by atoms with Crippen LogP contribution in [-0.2, 0) is 4.79 Å². The van der Waals surface area contributed by atoms with Gasteiger partial charge in [-0.05, 0) is 18.8 Å². The van der Waals surface area contributed by atoms with Crippen LogP contribution in [0.3, 0.4) is 0 Å². The number of hydrogen-bond acceptors (Lipinski definition) is 3. The quantitative estimate of drug-likeness (QED) is 0.509. The van der Waals surface area contributed by atoms with Gasteiger partial charge in [0.2, 0.25) is 5.91 Å². The van der Waals surface area contributed by atoms with Crippen LogP contribution in [0, 0.1) is 0 Å². The van der Waals surface area contributed by atoms with Crippen molar-refractivity contribution in [2.24, 2.45) is 0 Å². The molecule has 13 heavy (non-hydrogen) atoms. The summed E-state index contributed by atoms with van der Waals surface area (Å²) in [7, 11) is 0. The van der Waals surface area contributed by atoms with Crippen LogP contribution < -0.4 is 10.6 Å². The van der Waals surface area contributed by atoms with E-state index in [4.69, 9.17) is 0 Å². The summed E-state index contributed by atoms with van der Waals surface area (Å²) in [4.78, 5) is 11.4. The largest absolute Gasteiger partial charge is 0.351 e. The van der Waals surface area contributed by atoms with Crippen molar-refractivity contribution in [2.75, 3.05) is 31.6 Å². The van der Waals surface area contributed by atoms with Crippen LogP contribution in [-0.4, -0.2) is 37.6 Å². The number of hydrogen-bond donors (Lipinski definition) is 2. The van der Waals surface area contributed by atoms with Crippen LogP contribution in [0.5, 0.6) is 0 Å². The van der Waals surface area contributed by atoms with E-state index in [0.717, 1.165) is 31.0 Å². The zero-order chi connectivity index (χ0) is 9.68. The summed E-state index contributed by atoms with van der Waals surface area (Å²) in [5, 5.41) is 6.01. The lowest BCUT2D eigenvalue weighted by Crippen LogP contribution is -2.38. The molecule has 1 saturated heterocycles. The molecule has 0 radical (unpaired) electrons. The maximum atomic E-state index is 11.4. The first-order valence-electron chi connectivity index (χ1n) is 4.42. The Morgan fingerprint density at radius 1 is 1.62 bits per heavy atom. The van der Waals surface area contributed by atoms with Crippen molar-refractivity contribution in [1.29, 1.82) is 0 Å². The van der Waals surface area contributed by atoms with Crippen molar-refractivity contribution < 1.29 is 4.79 Å². The highest BCUT2D eigenvalue weighted by Crippen LogP contribution is 2.08. The van der Waals surface area contributed by atoms with Crippen LogP contribution in [0.25, 0.3) is 0 Å². The topological polar surface area (TPSA) is 41.1 Å². The van der Waals surface area contributed by atoms with Crippen LogP contribution in [0.2, 0.25) is 0 Å². The lowest BCUT2D eigenvalue weighted by Gasteiger charge is -2.21. The third-order valence-corrected chi connectivity index (χ3v) is 2.75. The van der Waals surface area contributed by atoms with Gasteiger partial charge in [-0.15, -0.1) is 0 Å². The Hall–Kier alpha value is -0.480. The minimum Gasteiger partial charge on any atom is -0.351 e. The summed E-state index contributed by atoms with van der Waals surface area (Å²) in [6, 6.07) is 0. The van der Waals surface area contributed by atoms with E-state index in [2.05, 4.69) is 10.6 Å². The second-order valence-corrected chi connectivity index (χ2v) is 4.07. The summed E-state index contributed by atoms with van der Waals surface area (Å²) in [6.45, 7) is 4.41. The summed E-state index contributed by atoms with van der Waals surface area (Å²) < 4.78 is 0. The average molecular weight is 200 g/mol. The first kappa shape index (κ1) is 10.6. The molecule has 1 rings (SSSR count). The zero-order valence-corrected chi connectivity index (χ0v) is 8.96. The predicted molar refractivity (Wildman–Crippen MR) is 57.0 cm³/mol. The average Bonchev–Trinajstić information content (AvgIpc) is 2.01. The molecule has 0 spiro atoms. The number of amides is 1. The van der Waals surface area contributed by atoms with Crippen molar-refractivity contribution in [3.05, 3.63) is 11.1 Å². The van der Waals surface area contributed by atoms with Gasteiger partial charge in [0, 0.05) is 31.0 Å². The molecule has 0 atom stereocenters. The fraction of sp³-hybridized carbons (Fsp3) is 0.667. The molecule has 1 fully saturated rings. The second-order valence-electron chi connectivity index (χ2n) is 3.08. The third-order valence-electron chi connectivity index (χ3n) is 2.14. The van der Waals surface area contributed by atoms with Gasteiger partial charge >= 0.3 is 0 Å². The lowest BCUT2D eigenvalue weighted by molar-refractivity contribution is -0.117. The Balaban J connectivity index is 2.30. The monoisotopic (exact) mass is 200 g/mol. The Kier molecular flexibility index (Phi) is 4.32. The van der Waals surface area contributed by atoms with E-state index >= 15 is 0 Å². The molecule has 1 aliphatic heterocycles. The van der Waals surface area contributed by atoms with E-state index < -0.39 is 0 Å². The highest BCUT2D eigenvalue weighted by Gasteiger charge is 2.15. The first-order valence-corrected chi connectivity index (χ1v) is 5.81. The van der Waals surface area contributed by atoms with Crippen molar-refractivity contribution in [3.63, 3.8) is 0 Å². The number of nitrogens with one attached hydrogen (secondary N) is 2. The number of rotatable bonds is 4. The van der Waals surface area contributed by atoms with Crippen molar-refractivity contribution in [2.45, 2.75) is 6.92 Å². The fourth-order valence-corrected chi connectivity index (χ4v) is 1.38. The minimum absolute atomic E-state index is 0.0885. The van der Waals surface area contributed by atoms with Crippen LogP contribution in [0.4, 0.5) is 0 Å². The summed E-state index contributed by atoms with van der Waals surface area (Å²) in [5.41, 5.74) is 2.13.